The number of hydrogen-bond donors (Lipinski definition) is 2. The average molecular weight is 495 g/mol. The molecule has 0 atom stereocenters. The van der Waals surface area contributed by atoms with Crippen molar-refractivity contribution in [1.29, 1.82) is 0 Å². The molecule has 150 valence electrons. The van der Waals surface area contributed by atoms with E-state index in [9.17, 15) is 4.79 Å². The summed E-state index contributed by atoms with van der Waals surface area (Å²) in [5, 5.41) is 13.5. The van der Waals surface area contributed by atoms with Crippen molar-refractivity contribution in [2.75, 3.05) is 0 Å². The van der Waals surface area contributed by atoms with Crippen molar-refractivity contribution >= 4 is 45.1 Å². The Bertz CT molecular complexity index is 989. The van der Waals surface area contributed by atoms with Crippen LogP contribution in [-0.2, 0) is 19.7 Å². The second-order valence-corrected chi connectivity index (χ2v) is 8.08. The lowest BCUT2D eigenvalue weighted by Gasteiger charge is -2.14. The van der Waals surface area contributed by atoms with E-state index in [1.165, 1.54) is 0 Å². The van der Waals surface area contributed by atoms with Gasteiger partial charge in [-0.05, 0) is 48.0 Å². The SMILES string of the molecule is O=C(O)c1ccc(CNCc2cc(Br)ccc2OCc2c(Cl)cccc2Cl)cc1. The molecule has 7 heteroatoms. The number of benzene rings is 3. The highest BCUT2D eigenvalue weighted by Gasteiger charge is 2.10. The predicted molar refractivity (Wildman–Crippen MR) is 119 cm³/mol. The van der Waals surface area contributed by atoms with E-state index in [1.54, 1.807) is 42.5 Å². The smallest absolute Gasteiger partial charge is 0.335 e. The van der Waals surface area contributed by atoms with Crippen molar-refractivity contribution in [2.45, 2.75) is 19.7 Å². The number of halogens is 3. The monoisotopic (exact) mass is 493 g/mol. The van der Waals surface area contributed by atoms with E-state index < -0.39 is 5.97 Å². The third kappa shape index (κ3) is 5.97. The minimum Gasteiger partial charge on any atom is -0.488 e. The largest absolute Gasteiger partial charge is 0.488 e. The summed E-state index contributed by atoms with van der Waals surface area (Å²) in [6.45, 7) is 1.44. The van der Waals surface area contributed by atoms with Crippen molar-refractivity contribution in [3.8, 4) is 5.75 Å². The molecule has 3 aromatic carbocycles. The average Bonchev–Trinajstić information content (AvgIpc) is 2.69. The molecule has 0 aliphatic rings. The number of carbonyl (C=O) groups is 1. The fraction of sp³-hybridized carbons (Fsp3) is 0.136. The summed E-state index contributed by atoms with van der Waals surface area (Å²) in [5.74, 6) is -0.197. The fourth-order valence-electron chi connectivity index (χ4n) is 2.75. The Balaban J connectivity index is 1.64. The lowest BCUT2D eigenvalue weighted by molar-refractivity contribution is 0.0697. The van der Waals surface area contributed by atoms with Crippen LogP contribution in [-0.4, -0.2) is 11.1 Å². The normalized spacial score (nSPS) is 10.7. The van der Waals surface area contributed by atoms with Gasteiger partial charge in [-0.15, -0.1) is 0 Å². The van der Waals surface area contributed by atoms with E-state index in [-0.39, 0.29) is 12.2 Å². The number of ether oxygens (including phenoxy) is 1. The molecule has 0 saturated heterocycles. The van der Waals surface area contributed by atoms with E-state index in [0.29, 0.717) is 23.1 Å². The Kier molecular flexibility index (Phi) is 7.56. The first-order chi connectivity index (χ1) is 13.9. The highest BCUT2D eigenvalue weighted by Crippen LogP contribution is 2.28. The molecule has 0 saturated carbocycles. The first kappa shape index (κ1) is 21.7. The van der Waals surface area contributed by atoms with Gasteiger partial charge < -0.3 is 15.2 Å². The van der Waals surface area contributed by atoms with Crippen LogP contribution in [0.1, 0.15) is 27.0 Å². The van der Waals surface area contributed by atoms with Crippen molar-refractivity contribution in [1.82, 2.24) is 5.32 Å². The third-order valence-corrected chi connectivity index (χ3v) is 5.50. The number of nitrogens with one attached hydrogen (secondary N) is 1. The zero-order valence-corrected chi connectivity index (χ0v) is 18.4. The van der Waals surface area contributed by atoms with E-state index in [4.69, 9.17) is 33.0 Å². The molecule has 0 radical (unpaired) electrons. The van der Waals surface area contributed by atoms with Crippen molar-refractivity contribution in [2.24, 2.45) is 0 Å². The van der Waals surface area contributed by atoms with Crippen molar-refractivity contribution in [3.63, 3.8) is 0 Å². The van der Waals surface area contributed by atoms with Gasteiger partial charge in [-0.25, -0.2) is 4.79 Å². The third-order valence-electron chi connectivity index (χ3n) is 4.30. The summed E-state index contributed by atoms with van der Waals surface area (Å²) in [4.78, 5) is 10.9. The van der Waals surface area contributed by atoms with E-state index in [0.717, 1.165) is 26.9 Å². The van der Waals surface area contributed by atoms with Crippen LogP contribution in [0.3, 0.4) is 0 Å². The Morgan fingerprint density at radius 2 is 1.69 bits per heavy atom. The lowest BCUT2D eigenvalue weighted by Crippen LogP contribution is -2.14. The Morgan fingerprint density at radius 3 is 2.34 bits per heavy atom. The number of carboxylic acid groups (broad SMARTS) is 1. The number of rotatable bonds is 8. The maximum Gasteiger partial charge on any atom is 0.335 e. The molecule has 0 amide bonds. The van der Waals surface area contributed by atoms with Gasteiger partial charge in [0, 0.05) is 38.7 Å². The first-order valence-electron chi connectivity index (χ1n) is 8.81. The summed E-state index contributed by atoms with van der Waals surface area (Å²) in [6, 6.07) is 18.0. The maximum absolute atomic E-state index is 10.9. The molecule has 29 heavy (non-hydrogen) atoms. The summed E-state index contributed by atoms with van der Waals surface area (Å²) in [5.41, 5.74) is 2.99. The first-order valence-corrected chi connectivity index (χ1v) is 10.4. The predicted octanol–water partition coefficient (Wildman–Crippen LogP) is 6.32. The van der Waals surface area contributed by atoms with Gasteiger partial charge in [0.2, 0.25) is 0 Å². The van der Waals surface area contributed by atoms with E-state index in [2.05, 4.69) is 21.2 Å². The minimum atomic E-state index is -0.931. The molecule has 2 N–H and O–H groups in total. The van der Waals surface area contributed by atoms with Gasteiger partial charge in [0.05, 0.1) is 5.56 Å². The zero-order valence-electron chi connectivity index (χ0n) is 15.3. The molecule has 0 aliphatic heterocycles. The lowest BCUT2D eigenvalue weighted by atomic mass is 10.1. The zero-order chi connectivity index (χ0) is 20.8. The second kappa shape index (κ2) is 10.1. The number of hydrogen-bond acceptors (Lipinski definition) is 3. The molecule has 0 fully saturated rings. The van der Waals surface area contributed by atoms with Crippen LogP contribution in [0.15, 0.2) is 65.1 Å². The van der Waals surface area contributed by atoms with Gasteiger partial charge in [-0.1, -0.05) is 57.3 Å². The highest BCUT2D eigenvalue weighted by molar-refractivity contribution is 9.10. The number of aromatic carboxylic acids is 1. The van der Waals surface area contributed by atoms with E-state index >= 15 is 0 Å². The van der Waals surface area contributed by atoms with Crippen LogP contribution < -0.4 is 10.1 Å². The Hall–Kier alpha value is -2.05. The van der Waals surface area contributed by atoms with Gasteiger partial charge in [-0.3, -0.25) is 0 Å². The molecule has 0 aromatic heterocycles. The highest BCUT2D eigenvalue weighted by atomic mass is 79.9. The molecular weight excluding hydrogens is 477 g/mol. The van der Waals surface area contributed by atoms with Crippen LogP contribution in [0.5, 0.6) is 5.75 Å². The van der Waals surface area contributed by atoms with Crippen LogP contribution in [0.25, 0.3) is 0 Å². The second-order valence-electron chi connectivity index (χ2n) is 6.35. The van der Waals surface area contributed by atoms with Gasteiger partial charge in [-0.2, -0.15) is 0 Å². The van der Waals surface area contributed by atoms with Crippen molar-refractivity contribution < 1.29 is 14.6 Å². The standard InChI is InChI=1S/C22H18BrCl2NO3/c23-17-8-9-21(29-13-18-19(24)2-1-3-20(18)25)16(10-17)12-26-11-14-4-6-15(7-5-14)22(27)28/h1-10,26H,11-13H2,(H,27,28). The molecule has 0 heterocycles. The molecule has 0 bridgehead atoms. The van der Waals surface area contributed by atoms with Gasteiger partial charge in [0.1, 0.15) is 12.4 Å². The van der Waals surface area contributed by atoms with Gasteiger partial charge >= 0.3 is 5.97 Å². The van der Waals surface area contributed by atoms with Crippen LogP contribution in [0.2, 0.25) is 10.0 Å². The molecular formula is C22H18BrCl2NO3. The van der Waals surface area contributed by atoms with Crippen LogP contribution in [0.4, 0.5) is 0 Å². The maximum atomic E-state index is 10.9. The molecule has 0 spiro atoms. The quantitative estimate of drug-likeness (QED) is 0.384. The van der Waals surface area contributed by atoms with Crippen molar-refractivity contribution in [3.05, 3.63) is 97.4 Å². The van der Waals surface area contributed by atoms with Crippen LogP contribution >= 0.6 is 39.1 Å². The topological polar surface area (TPSA) is 58.6 Å². The molecule has 0 unspecified atom stereocenters. The summed E-state index contributed by atoms with van der Waals surface area (Å²) in [6.07, 6.45) is 0. The van der Waals surface area contributed by atoms with Gasteiger partial charge in [0.25, 0.3) is 0 Å². The van der Waals surface area contributed by atoms with E-state index in [1.807, 2.05) is 18.2 Å². The molecule has 3 rings (SSSR count). The fourth-order valence-corrected chi connectivity index (χ4v) is 3.67. The summed E-state index contributed by atoms with van der Waals surface area (Å²) >= 11 is 15.9. The van der Waals surface area contributed by atoms with Crippen LogP contribution in [0, 0.1) is 0 Å². The summed E-state index contributed by atoms with van der Waals surface area (Å²) in [7, 11) is 0. The minimum absolute atomic E-state index is 0.268. The van der Waals surface area contributed by atoms with Gasteiger partial charge in [0.15, 0.2) is 0 Å². The molecule has 4 nitrogen and oxygen atoms in total. The molecule has 0 aliphatic carbocycles. The Labute approximate surface area is 187 Å². The number of carboxylic acids is 1. The Morgan fingerprint density at radius 1 is 1.00 bits per heavy atom. The molecule has 3 aromatic rings. The summed E-state index contributed by atoms with van der Waals surface area (Å²) < 4.78 is 6.94.